The van der Waals surface area contributed by atoms with E-state index in [1.807, 2.05) is 30.3 Å². The van der Waals surface area contributed by atoms with Gasteiger partial charge in [-0.2, -0.15) is 9.78 Å². The lowest BCUT2D eigenvalue weighted by molar-refractivity contribution is -0.118. The summed E-state index contributed by atoms with van der Waals surface area (Å²) in [5.74, 6) is 1.49. The second-order valence-electron chi connectivity index (χ2n) is 9.33. The minimum atomic E-state index is -0.342. The number of aromatic nitrogens is 2. The molecule has 0 fully saturated rings. The van der Waals surface area contributed by atoms with Gasteiger partial charge in [0.1, 0.15) is 17.1 Å². The Balaban J connectivity index is 1.28. The maximum Gasteiger partial charge on any atom is 0.282 e. The molecule has 0 aliphatic carbocycles. The van der Waals surface area contributed by atoms with Crippen LogP contribution >= 0.6 is 34.2 Å². The van der Waals surface area contributed by atoms with E-state index >= 15 is 0 Å². The molecular formula is C32H22ClIN4O5. The predicted molar refractivity (Wildman–Crippen MR) is 175 cm³/mol. The number of methoxy groups -OCH3 is 1. The van der Waals surface area contributed by atoms with E-state index in [-0.39, 0.29) is 23.9 Å². The number of para-hydroxylation sites is 1. The Kier molecular flexibility index (Phi) is 8.12. The predicted octanol–water partition coefficient (Wildman–Crippen LogP) is 6.98. The number of halogens is 2. The molecule has 43 heavy (non-hydrogen) atoms. The molecule has 0 radical (unpaired) electrons. The second kappa shape index (κ2) is 12.3. The molecule has 4 aromatic carbocycles. The fourth-order valence-electron chi connectivity index (χ4n) is 4.43. The van der Waals surface area contributed by atoms with Crippen LogP contribution in [0.1, 0.15) is 5.56 Å². The molecule has 0 unspecified atom stereocenters. The van der Waals surface area contributed by atoms with Gasteiger partial charge in [-0.3, -0.25) is 9.59 Å². The summed E-state index contributed by atoms with van der Waals surface area (Å²) in [4.78, 5) is 30.6. The van der Waals surface area contributed by atoms with Crippen molar-refractivity contribution >= 4 is 73.9 Å². The Morgan fingerprint density at radius 2 is 1.84 bits per heavy atom. The minimum Gasteiger partial charge on any atom is -0.496 e. The van der Waals surface area contributed by atoms with Gasteiger partial charge in [0.25, 0.3) is 11.5 Å². The van der Waals surface area contributed by atoms with Crippen LogP contribution in [-0.4, -0.2) is 35.5 Å². The number of carbonyl (C=O) groups is 1. The topological polar surface area (TPSA) is 108 Å². The lowest BCUT2D eigenvalue weighted by Gasteiger charge is -2.10. The van der Waals surface area contributed by atoms with E-state index in [0.29, 0.717) is 50.0 Å². The van der Waals surface area contributed by atoms with Gasteiger partial charge in [-0.25, -0.2) is 4.98 Å². The highest BCUT2D eigenvalue weighted by atomic mass is 127. The molecule has 2 aromatic heterocycles. The Hall–Kier alpha value is -4.68. The normalized spacial score (nSPS) is 11.3. The van der Waals surface area contributed by atoms with E-state index in [0.717, 1.165) is 8.96 Å². The van der Waals surface area contributed by atoms with Crippen LogP contribution in [0, 0.1) is 3.57 Å². The van der Waals surface area contributed by atoms with Crippen LogP contribution in [0.4, 0.5) is 5.69 Å². The van der Waals surface area contributed by atoms with E-state index in [4.69, 9.17) is 30.5 Å². The zero-order valence-electron chi connectivity index (χ0n) is 22.6. The first-order chi connectivity index (χ1) is 20.9. The van der Waals surface area contributed by atoms with E-state index in [9.17, 15) is 9.59 Å². The third-order valence-electron chi connectivity index (χ3n) is 6.48. The van der Waals surface area contributed by atoms with Gasteiger partial charge in [-0.05, 0) is 101 Å². The standard InChI is InChI=1S/C32H22ClIN4O5/c1-41-26-7-4-8-27-23(26)16-29(43-27)31-37-25-6-3-2-5-22(25)32(40)38(31)35-17-19-9-14-28(24(34)15-19)42-18-30(39)36-21-12-10-20(33)11-13-21/h2-17H,18H2,1H3,(H,36,39). The van der Waals surface area contributed by atoms with Gasteiger partial charge in [-0.1, -0.05) is 29.8 Å². The average molecular weight is 705 g/mol. The first-order valence-electron chi connectivity index (χ1n) is 13.0. The summed E-state index contributed by atoms with van der Waals surface area (Å²) in [6.07, 6.45) is 1.56. The van der Waals surface area contributed by atoms with Crippen molar-refractivity contribution in [2.45, 2.75) is 0 Å². The van der Waals surface area contributed by atoms with Crippen LogP contribution in [0.15, 0.2) is 105 Å². The monoisotopic (exact) mass is 704 g/mol. The van der Waals surface area contributed by atoms with Gasteiger partial charge < -0.3 is 19.2 Å². The molecule has 9 nitrogen and oxygen atoms in total. The average Bonchev–Trinajstić information content (AvgIpc) is 3.46. The number of furan rings is 1. The van der Waals surface area contributed by atoms with Crippen molar-refractivity contribution in [3.63, 3.8) is 0 Å². The summed E-state index contributed by atoms with van der Waals surface area (Å²) in [5, 5.41) is 9.04. The molecule has 6 aromatic rings. The maximum absolute atomic E-state index is 13.6. The highest BCUT2D eigenvalue weighted by Gasteiger charge is 2.18. The third kappa shape index (κ3) is 6.11. The quantitative estimate of drug-likeness (QED) is 0.135. The van der Waals surface area contributed by atoms with Crippen LogP contribution in [0.25, 0.3) is 33.5 Å². The summed E-state index contributed by atoms with van der Waals surface area (Å²) >= 11 is 8.02. The number of benzene rings is 4. The first-order valence-corrected chi connectivity index (χ1v) is 14.5. The number of nitrogens with zero attached hydrogens (tertiary/aromatic N) is 3. The zero-order chi connectivity index (χ0) is 29.9. The number of amides is 1. The van der Waals surface area contributed by atoms with E-state index in [2.05, 4.69) is 33.0 Å². The summed E-state index contributed by atoms with van der Waals surface area (Å²) in [5.41, 5.74) is 2.11. The molecule has 0 atom stereocenters. The number of hydrogen-bond acceptors (Lipinski definition) is 7. The molecule has 2 heterocycles. The smallest absolute Gasteiger partial charge is 0.282 e. The highest BCUT2D eigenvalue weighted by Crippen LogP contribution is 2.33. The fraction of sp³-hybridized carbons (Fsp3) is 0.0625. The number of anilines is 1. The molecule has 0 aliphatic heterocycles. The molecule has 0 saturated heterocycles. The van der Waals surface area contributed by atoms with Crippen molar-refractivity contribution in [1.82, 2.24) is 9.66 Å². The number of rotatable bonds is 8. The first kappa shape index (κ1) is 28.4. The summed E-state index contributed by atoms with van der Waals surface area (Å²) in [7, 11) is 1.59. The maximum atomic E-state index is 13.6. The minimum absolute atomic E-state index is 0.171. The molecule has 11 heteroatoms. The van der Waals surface area contributed by atoms with Gasteiger partial charge >= 0.3 is 0 Å². The molecule has 0 spiro atoms. The molecule has 6 rings (SSSR count). The van der Waals surface area contributed by atoms with Crippen molar-refractivity contribution in [3.8, 4) is 23.1 Å². The number of nitrogens with one attached hydrogen (secondary N) is 1. The Labute approximate surface area is 263 Å². The van der Waals surface area contributed by atoms with E-state index < -0.39 is 0 Å². The SMILES string of the molecule is COc1cccc2oc(-c3nc4ccccc4c(=O)n3N=Cc3ccc(OCC(=O)Nc4ccc(Cl)cc4)c(I)c3)cc12. The molecular weight excluding hydrogens is 683 g/mol. The molecule has 1 N–H and O–H groups in total. The van der Waals surface area contributed by atoms with Gasteiger partial charge in [-0.15, -0.1) is 0 Å². The summed E-state index contributed by atoms with van der Waals surface area (Å²) in [6.45, 7) is -0.171. The van der Waals surface area contributed by atoms with Gasteiger partial charge in [0, 0.05) is 10.7 Å². The molecule has 1 amide bonds. The number of hydrogen-bond donors (Lipinski definition) is 1. The van der Waals surface area contributed by atoms with Crippen molar-refractivity contribution < 1.29 is 18.7 Å². The largest absolute Gasteiger partial charge is 0.496 e. The van der Waals surface area contributed by atoms with Crippen molar-refractivity contribution in [2.24, 2.45) is 5.10 Å². The molecule has 214 valence electrons. The molecule has 0 aliphatic rings. The summed E-state index contributed by atoms with van der Waals surface area (Å²) in [6, 6.07) is 26.5. The fourth-order valence-corrected chi connectivity index (χ4v) is 5.25. The highest BCUT2D eigenvalue weighted by molar-refractivity contribution is 14.1. The lowest BCUT2D eigenvalue weighted by atomic mass is 10.2. The third-order valence-corrected chi connectivity index (χ3v) is 7.58. The van der Waals surface area contributed by atoms with Crippen molar-refractivity contribution in [1.29, 1.82) is 0 Å². The van der Waals surface area contributed by atoms with Gasteiger partial charge in [0.15, 0.2) is 12.4 Å². The van der Waals surface area contributed by atoms with Crippen LogP contribution in [0.5, 0.6) is 11.5 Å². The van der Waals surface area contributed by atoms with Crippen LogP contribution < -0.4 is 20.3 Å². The Morgan fingerprint density at radius 3 is 2.63 bits per heavy atom. The zero-order valence-corrected chi connectivity index (χ0v) is 25.5. The van der Waals surface area contributed by atoms with Gasteiger partial charge in [0.05, 0.1) is 33.2 Å². The van der Waals surface area contributed by atoms with Crippen LogP contribution in [0.2, 0.25) is 5.02 Å². The summed E-state index contributed by atoms with van der Waals surface area (Å²) < 4.78 is 19.3. The molecule has 0 bridgehead atoms. The van der Waals surface area contributed by atoms with E-state index in [1.54, 1.807) is 74.0 Å². The molecule has 0 saturated carbocycles. The van der Waals surface area contributed by atoms with Gasteiger partial charge in [0.2, 0.25) is 5.82 Å². The van der Waals surface area contributed by atoms with E-state index in [1.165, 1.54) is 4.68 Å². The second-order valence-corrected chi connectivity index (χ2v) is 10.9. The van der Waals surface area contributed by atoms with Crippen LogP contribution in [0.3, 0.4) is 0 Å². The van der Waals surface area contributed by atoms with Crippen molar-refractivity contribution in [3.05, 3.63) is 116 Å². The van der Waals surface area contributed by atoms with Crippen molar-refractivity contribution in [2.75, 3.05) is 19.0 Å². The number of carbonyl (C=O) groups excluding carboxylic acids is 1. The lowest BCUT2D eigenvalue weighted by Crippen LogP contribution is -2.20. The van der Waals surface area contributed by atoms with Crippen LogP contribution in [-0.2, 0) is 4.79 Å². The Morgan fingerprint density at radius 1 is 1.02 bits per heavy atom. The number of fused-ring (bicyclic) bond motifs is 2. The number of ether oxygens (including phenoxy) is 2. The Bertz CT molecular complexity index is 2070.